The predicted octanol–water partition coefficient (Wildman–Crippen LogP) is 2.81. The number of rotatable bonds is 3. The first kappa shape index (κ1) is 13.7. The summed E-state index contributed by atoms with van der Waals surface area (Å²) in [5.74, 6) is -2.05. The molecule has 0 saturated carbocycles. The number of sulfonamides is 1. The number of hydrogen-bond acceptors (Lipinski definition) is 3. The Bertz CT molecular complexity index is 722. The molecule has 4 nitrogen and oxygen atoms in total. The number of aromatic nitrogens is 1. The van der Waals surface area contributed by atoms with E-state index in [1.807, 2.05) is 0 Å². The van der Waals surface area contributed by atoms with Gasteiger partial charge in [-0.3, -0.25) is 4.72 Å². The Kier molecular flexibility index (Phi) is 3.68. The van der Waals surface area contributed by atoms with Gasteiger partial charge >= 0.3 is 0 Å². The van der Waals surface area contributed by atoms with Gasteiger partial charge in [-0.1, -0.05) is 11.6 Å². The highest BCUT2D eigenvalue weighted by molar-refractivity contribution is 7.92. The maximum absolute atomic E-state index is 13.4. The summed E-state index contributed by atoms with van der Waals surface area (Å²) < 4.78 is 52.1. The minimum Gasteiger partial charge on any atom is -0.276 e. The summed E-state index contributed by atoms with van der Waals surface area (Å²) in [6.45, 7) is 0. The zero-order chi connectivity index (χ0) is 14.0. The van der Waals surface area contributed by atoms with Crippen molar-refractivity contribution in [1.29, 1.82) is 0 Å². The van der Waals surface area contributed by atoms with E-state index in [0.717, 1.165) is 12.1 Å². The maximum Gasteiger partial charge on any atom is 0.264 e. The molecule has 1 heterocycles. The van der Waals surface area contributed by atoms with E-state index in [2.05, 4.69) is 9.71 Å². The Morgan fingerprint density at radius 3 is 2.58 bits per heavy atom. The molecule has 0 amide bonds. The summed E-state index contributed by atoms with van der Waals surface area (Å²) in [6, 6.07) is 5.00. The van der Waals surface area contributed by atoms with Crippen LogP contribution in [0, 0.1) is 11.6 Å². The molecule has 0 fully saturated rings. The van der Waals surface area contributed by atoms with Crippen LogP contribution in [0.1, 0.15) is 0 Å². The summed E-state index contributed by atoms with van der Waals surface area (Å²) in [7, 11) is -4.20. The van der Waals surface area contributed by atoms with Gasteiger partial charge in [0.1, 0.15) is 16.5 Å². The van der Waals surface area contributed by atoms with E-state index in [0.29, 0.717) is 6.07 Å². The lowest BCUT2D eigenvalue weighted by atomic mass is 10.3. The van der Waals surface area contributed by atoms with Gasteiger partial charge in [-0.15, -0.1) is 0 Å². The first-order valence-electron chi connectivity index (χ1n) is 4.98. The number of hydrogen-bond donors (Lipinski definition) is 1. The van der Waals surface area contributed by atoms with E-state index in [-0.39, 0.29) is 10.8 Å². The van der Waals surface area contributed by atoms with Crippen molar-refractivity contribution in [2.75, 3.05) is 4.72 Å². The van der Waals surface area contributed by atoms with E-state index in [1.165, 1.54) is 18.3 Å². The number of anilines is 1. The maximum atomic E-state index is 13.4. The highest BCUT2D eigenvalue weighted by Crippen LogP contribution is 2.23. The van der Waals surface area contributed by atoms with Crippen molar-refractivity contribution in [3.63, 3.8) is 0 Å². The quantitative estimate of drug-likeness (QED) is 0.887. The zero-order valence-electron chi connectivity index (χ0n) is 9.27. The molecule has 0 radical (unpaired) electrons. The van der Waals surface area contributed by atoms with Crippen LogP contribution in [0.3, 0.4) is 0 Å². The molecule has 1 aromatic carbocycles. The van der Waals surface area contributed by atoms with Crippen LogP contribution in [0.5, 0.6) is 0 Å². The molecule has 0 unspecified atom stereocenters. The first-order chi connectivity index (χ1) is 8.90. The van der Waals surface area contributed by atoms with Crippen molar-refractivity contribution in [3.05, 3.63) is 53.3 Å². The molecule has 0 spiro atoms. The second kappa shape index (κ2) is 5.10. The van der Waals surface area contributed by atoms with Crippen LogP contribution in [-0.2, 0) is 10.0 Å². The monoisotopic (exact) mass is 304 g/mol. The summed E-state index contributed by atoms with van der Waals surface area (Å²) in [5.41, 5.74) is 0.00731. The SMILES string of the molecule is O=S(=O)(Nc1cccnc1Cl)c1ccc(F)cc1F. The van der Waals surface area contributed by atoms with Crippen molar-refractivity contribution < 1.29 is 17.2 Å². The normalized spacial score (nSPS) is 11.3. The highest BCUT2D eigenvalue weighted by atomic mass is 35.5. The van der Waals surface area contributed by atoms with Crippen LogP contribution in [0.4, 0.5) is 14.5 Å². The molecule has 8 heteroatoms. The summed E-state index contributed by atoms with van der Waals surface area (Å²) >= 11 is 5.69. The second-order valence-electron chi connectivity index (χ2n) is 3.52. The standard InChI is InChI=1S/C11H7ClF2N2O2S/c12-11-9(2-1-5-15-11)16-19(17,18)10-4-3-7(13)6-8(10)14/h1-6,16H. The van der Waals surface area contributed by atoms with Crippen molar-refractivity contribution >= 4 is 27.3 Å². The third-order valence-electron chi connectivity index (χ3n) is 2.19. The third kappa shape index (κ3) is 2.99. The van der Waals surface area contributed by atoms with Crippen LogP contribution >= 0.6 is 11.6 Å². The number of pyridine rings is 1. The Labute approximate surface area is 113 Å². The fourth-order valence-corrected chi connectivity index (χ4v) is 2.70. The summed E-state index contributed by atoms with van der Waals surface area (Å²) in [5, 5.41) is -0.0754. The minimum absolute atomic E-state index is 0.00731. The van der Waals surface area contributed by atoms with Gasteiger partial charge in [0.15, 0.2) is 5.15 Å². The van der Waals surface area contributed by atoms with Crippen LogP contribution < -0.4 is 4.72 Å². The molecular weight excluding hydrogens is 298 g/mol. The van der Waals surface area contributed by atoms with Gasteiger partial charge < -0.3 is 0 Å². The Balaban J connectivity index is 2.41. The smallest absolute Gasteiger partial charge is 0.264 e. The fourth-order valence-electron chi connectivity index (χ4n) is 1.36. The van der Waals surface area contributed by atoms with Crippen molar-refractivity contribution in [1.82, 2.24) is 4.98 Å². The topological polar surface area (TPSA) is 59.1 Å². The number of nitrogens with one attached hydrogen (secondary N) is 1. The van der Waals surface area contributed by atoms with Gasteiger partial charge in [-0.25, -0.2) is 22.2 Å². The van der Waals surface area contributed by atoms with E-state index in [1.54, 1.807) is 0 Å². The lowest BCUT2D eigenvalue weighted by molar-refractivity contribution is 0.551. The zero-order valence-corrected chi connectivity index (χ0v) is 10.8. The van der Waals surface area contributed by atoms with Gasteiger partial charge in [0.25, 0.3) is 10.0 Å². The van der Waals surface area contributed by atoms with Gasteiger partial charge in [-0.2, -0.15) is 0 Å². The van der Waals surface area contributed by atoms with Crippen molar-refractivity contribution in [3.8, 4) is 0 Å². The van der Waals surface area contributed by atoms with Crippen LogP contribution in [0.25, 0.3) is 0 Å². The summed E-state index contributed by atoms with van der Waals surface area (Å²) in [4.78, 5) is 3.01. The average molecular weight is 305 g/mol. The molecule has 2 aromatic rings. The van der Waals surface area contributed by atoms with Gasteiger partial charge in [0.2, 0.25) is 0 Å². The largest absolute Gasteiger partial charge is 0.276 e. The third-order valence-corrected chi connectivity index (χ3v) is 3.89. The van der Waals surface area contributed by atoms with Gasteiger partial charge in [-0.05, 0) is 24.3 Å². The molecule has 100 valence electrons. The van der Waals surface area contributed by atoms with E-state index < -0.39 is 26.6 Å². The lowest BCUT2D eigenvalue weighted by Crippen LogP contribution is -2.15. The number of halogens is 3. The molecule has 0 aliphatic heterocycles. The van der Waals surface area contributed by atoms with Crippen LogP contribution in [0.2, 0.25) is 5.15 Å². The molecule has 0 aliphatic carbocycles. The lowest BCUT2D eigenvalue weighted by Gasteiger charge is -2.09. The Morgan fingerprint density at radius 1 is 1.21 bits per heavy atom. The molecule has 0 saturated heterocycles. The summed E-state index contributed by atoms with van der Waals surface area (Å²) in [6.07, 6.45) is 1.37. The van der Waals surface area contributed by atoms with E-state index in [4.69, 9.17) is 11.6 Å². The molecule has 1 aromatic heterocycles. The highest BCUT2D eigenvalue weighted by Gasteiger charge is 2.20. The molecular formula is C11H7ClF2N2O2S. The molecule has 0 atom stereocenters. The van der Waals surface area contributed by atoms with E-state index >= 15 is 0 Å². The molecule has 2 rings (SSSR count). The molecule has 0 aliphatic rings. The van der Waals surface area contributed by atoms with Crippen LogP contribution in [-0.4, -0.2) is 13.4 Å². The second-order valence-corrected chi connectivity index (χ2v) is 5.53. The predicted molar refractivity (Wildman–Crippen MR) is 66.4 cm³/mol. The molecule has 1 N–H and O–H groups in total. The average Bonchev–Trinajstić information content (AvgIpc) is 2.31. The van der Waals surface area contributed by atoms with Gasteiger partial charge in [0, 0.05) is 12.3 Å². The Morgan fingerprint density at radius 2 is 1.95 bits per heavy atom. The first-order valence-corrected chi connectivity index (χ1v) is 6.84. The number of nitrogens with zero attached hydrogens (tertiary/aromatic N) is 1. The fraction of sp³-hybridized carbons (Fsp3) is 0. The minimum atomic E-state index is -4.20. The van der Waals surface area contributed by atoms with Crippen LogP contribution in [0.15, 0.2) is 41.4 Å². The Hall–Kier alpha value is -1.73. The number of benzene rings is 1. The molecule has 19 heavy (non-hydrogen) atoms. The van der Waals surface area contributed by atoms with Crippen molar-refractivity contribution in [2.24, 2.45) is 0 Å². The van der Waals surface area contributed by atoms with E-state index in [9.17, 15) is 17.2 Å². The van der Waals surface area contributed by atoms with Gasteiger partial charge in [0.05, 0.1) is 5.69 Å². The molecule has 0 bridgehead atoms. The van der Waals surface area contributed by atoms with Crippen molar-refractivity contribution in [2.45, 2.75) is 4.90 Å².